The van der Waals surface area contributed by atoms with Gasteiger partial charge in [-0.05, 0) is 30.5 Å². The summed E-state index contributed by atoms with van der Waals surface area (Å²) in [6, 6.07) is 3.69. The van der Waals surface area contributed by atoms with Crippen molar-refractivity contribution in [2.45, 2.75) is 77.3 Å². The minimum absolute atomic E-state index is 0.324. The first-order valence-corrected chi connectivity index (χ1v) is 8.48. The maximum Gasteiger partial charge on any atom is 0.266 e. The Labute approximate surface area is 137 Å². The molecule has 3 nitrogen and oxygen atoms in total. The number of ether oxygens (including phenoxy) is 1. The molecule has 0 heterocycles. The minimum Gasteiger partial charge on any atom is -0.346 e. The van der Waals surface area contributed by atoms with Gasteiger partial charge in [-0.15, -0.1) is 0 Å². The fourth-order valence-corrected chi connectivity index (χ4v) is 2.65. The van der Waals surface area contributed by atoms with E-state index in [-0.39, 0.29) is 0 Å². The molecule has 0 aliphatic rings. The summed E-state index contributed by atoms with van der Waals surface area (Å²) in [7, 11) is 0. The van der Waals surface area contributed by atoms with Crippen LogP contribution < -0.4 is 0 Å². The highest BCUT2D eigenvalue weighted by Gasteiger charge is 2.15. The molecule has 0 fully saturated rings. The second-order valence-corrected chi connectivity index (χ2v) is 5.95. The van der Waals surface area contributed by atoms with Crippen molar-refractivity contribution in [3.8, 4) is 0 Å². The third-order valence-corrected chi connectivity index (χ3v) is 3.89. The van der Waals surface area contributed by atoms with E-state index in [1.165, 1.54) is 31.7 Å². The number of unbranched alkanes of at least 4 members (excludes halogenated alkanes) is 6. The van der Waals surface area contributed by atoms with Crippen LogP contribution in [0.4, 0.5) is 8.78 Å². The molecule has 1 aromatic carbocycles. The zero-order valence-corrected chi connectivity index (χ0v) is 13.8. The van der Waals surface area contributed by atoms with E-state index in [2.05, 4.69) is 6.92 Å². The van der Waals surface area contributed by atoms with E-state index >= 15 is 0 Å². The number of halogens is 2. The molecule has 23 heavy (non-hydrogen) atoms. The van der Waals surface area contributed by atoms with Crippen LogP contribution in [0.15, 0.2) is 18.2 Å². The van der Waals surface area contributed by atoms with Crippen LogP contribution in [0.3, 0.4) is 0 Å². The molecule has 2 N–H and O–H groups in total. The smallest absolute Gasteiger partial charge is 0.266 e. The lowest BCUT2D eigenvalue weighted by Gasteiger charge is -2.19. The van der Waals surface area contributed by atoms with Crippen LogP contribution >= 0.6 is 0 Å². The number of hydrogen-bond acceptors (Lipinski definition) is 3. The molecule has 1 atom stereocenters. The molecule has 1 unspecified atom stereocenters. The molecule has 1 aromatic rings. The van der Waals surface area contributed by atoms with Gasteiger partial charge in [0.15, 0.2) is 11.6 Å². The first-order chi connectivity index (χ1) is 11.0. The third kappa shape index (κ3) is 8.98. The molecular weight excluding hydrogens is 302 g/mol. The Morgan fingerprint density at radius 2 is 1.61 bits per heavy atom. The Morgan fingerprint density at radius 3 is 2.22 bits per heavy atom. The van der Waals surface area contributed by atoms with Crippen molar-refractivity contribution in [1.82, 2.24) is 0 Å². The summed E-state index contributed by atoms with van der Waals surface area (Å²) in [5, 5.41) is 18.0. The van der Waals surface area contributed by atoms with Crippen molar-refractivity contribution >= 4 is 0 Å². The number of rotatable bonds is 12. The minimum atomic E-state index is -1.85. The lowest BCUT2D eigenvalue weighted by molar-refractivity contribution is -0.256. The van der Waals surface area contributed by atoms with E-state index in [4.69, 9.17) is 14.9 Å². The van der Waals surface area contributed by atoms with Gasteiger partial charge in [-0.1, -0.05) is 57.9 Å². The average molecular weight is 330 g/mol. The summed E-state index contributed by atoms with van der Waals surface area (Å²) in [6.45, 7) is 0.329. The topological polar surface area (TPSA) is 49.7 Å². The number of hydrogen-bond donors (Lipinski definition) is 2. The van der Waals surface area contributed by atoms with Gasteiger partial charge in [0.25, 0.3) is 6.48 Å². The van der Waals surface area contributed by atoms with Crippen molar-refractivity contribution in [3.63, 3.8) is 0 Å². The molecule has 0 radical (unpaired) electrons. The lowest BCUT2D eigenvalue weighted by atomic mass is 10.0. The quantitative estimate of drug-likeness (QED) is 0.444. The third-order valence-electron chi connectivity index (χ3n) is 3.89. The molecule has 0 aromatic heterocycles. The summed E-state index contributed by atoms with van der Waals surface area (Å²) in [5.41, 5.74) is 0.581. The molecule has 0 aliphatic carbocycles. The van der Waals surface area contributed by atoms with E-state index < -0.39 is 24.2 Å². The molecular formula is C18H28F2O3. The van der Waals surface area contributed by atoms with Crippen molar-refractivity contribution in [3.05, 3.63) is 35.4 Å². The maximum atomic E-state index is 13.2. The second-order valence-electron chi connectivity index (χ2n) is 5.95. The number of aliphatic hydroxyl groups excluding tert-OH is 1. The SMILES string of the molecule is CCCCCCCCCC(Cc1ccc(F)c(F)c1)OC(O)O. The van der Waals surface area contributed by atoms with Gasteiger partial charge in [-0.25, -0.2) is 8.78 Å². The predicted octanol–water partition coefficient (Wildman–Crippen LogP) is 4.30. The zero-order chi connectivity index (χ0) is 17.1. The Balaban J connectivity index is 2.38. The highest BCUT2D eigenvalue weighted by molar-refractivity contribution is 5.18. The van der Waals surface area contributed by atoms with E-state index in [9.17, 15) is 8.78 Å². The van der Waals surface area contributed by atoms with Crippen molar-refractivity contribution in [2.75, 3.05) is 0 Å². The first-order valence-electron chi connectivity index (χ1n) is 8.48. The summed E-state index contributed by atoms with van der Waals surface area (Å²) in [4.78, 5) is 0. The van der Waals surface area contributed by atoms with Crippen molar-refractivity contribution in [1.29, 1.82) is 0 Å². The second kappa shape index (κ2) is 11.5. The summed E-state index contributed by atoms with van der Waals surface area (Å²) in [6.07, 6.45) is 8.63. The Hall–Kier alpha value is -1.04. The van der Waals surface area contributed by atoms with Crippen LogP contribution in [-0.2, 0) is 11.2 Å². The number of aliphatic hydroxyl groups is 2. The molecule has 0 bridgehead atoms. The van der Waals surface area contributed by atoms with Gasteiger partial charge in [-0.3, -0.25) is 0 Å². The fourth-order valence-electron chi connectivity index (χ4n) is 2.65. The molecule has 1 rings (SSSR count). The number of benzene rings is 1. The molecule has 0 aliphatic heterocycles. The van der Waals surface area contributed by atoms with Gasteiger partial charge in [0, 0.05) is 0 Å². The van der Waals surface area contributed by atoms with E-state index in [0.29, 0.717) is 18.4 Å². The van der Waals surface area contributed by atoms with E-state index in [1.54, 1.807) is 0 Å². The van der Waals surface area contributed by atoms with Gasteiger partial charge in [-0.2, -0.15) is 0 Å². The molecule has 132 valence electrons. The monoisotopic (exact) mass is 330 g/mol. The zero-order valence-electron chi connectivity index (χ0n) is 13.8. The van der Waals surface area contributed by atoms with Gasteiger partial charge in [0.2, 0.25) is 0 Å². The standard InChI is InChI=1S/C18H28F2O3/c1-2-3-4-5-6-7-8-9-15(23-18(21)22)12-14-10-11-16(19)17(20)13-14/h10-11,13,15,18,21-22H,2-9,12H2,1H3. The van der Waals surface area contributed by atoms with Crippen LogP contribution in [-0.4, -0.2) is 22.8 Å². The van der Waals surface area contributed by atoms with Crippen LogP contribution in [0.5, 0.6) is 0 Å². The average Bonchev–Trinajstić information content (AvgIpc) is 2.49. The highest BCUT2D eigenvalue weighted by atomic mass is 19.2. The van der Waals surface area contributed by atoms with Crippen LogP contribution in [0.2, 0.25) is 0 Å². The fraction of sp³-hybridized carbons (Fsp3) is 0.667. The summed E-state index contributed by atoms with van der Waals surface area (Å²) < 4.78 is 31.2. The lowest BCUT2D eigenvalue weighted by Crippen LogP contribution is -2.23. The maximum absolute atomic E-state index is 13.2. The molecule has 0 amide bonds. The van der Waals surface area contributed by atoms with Crippen LogP contribution in [0.1, 0.15) is 63.9 Å². The molecule has 0 saturated heterocycles. The van der Waals surface area contributed by atoms with Crippen molar-refractivity contribution < 1.29 is 23.7 Å². The normalized spacial score (nSPS) is 12.8. The van der Waals surface area contributed by atoms with Gasteiger partial charge >= 0.3 is 0 Å². The van der Waals surface area contributed by atoms with Gasteiger partial charge < -0.3 is 14.9 Å². The van der Waals surface area contributed by atoms with Gasteiger partial charge in [0.1, 0.15) is 0 Å². The largest absolute Gasteiger partial charge is 0.346 e. The Bertz CT molecular complexity index is 438. The molecule has 5 heteroatoms. The van der Waals surface area contributed by atoms with E-state index in [0.717, 1.165) is 31.4 Å². The van der Waals surface area contributed by atoms with Crippen molar-refractivity contribution in [2.24, 2.45) is 0 Å². The summed E-state index contributed by atoms with van der Waals surface area (Å²) in [5.74, 6) is -1.79. The van der Waals surface area contributed by atoms with Crippen LogP contribution in [0.25, 0.3) is 0 Å². The Morgan fingerprint density at radius 1 is 0.957 bits per heavy atom. The summed E-state index contributed by atoms with van der Waals surface area (Å²) >= 11 is 0. The molecule has 0 spiro atoms. The van der Waals surface area contributed by atoms with Gasteiger partial charge in [0.05, 0.1) is 6.10 Å². The van der Waals surface area contributed by atoms with E-state index in [1.807, 2.05) is 0 Å². The first kappa shape index (κ1) is 20.0. The van der Waals surface area contributed by atoms with Crippen LogP contribution in [0, 0.1) is 11.6 Å². The predicted molar refractivity (Wildman–Crippen MR) is 85.8 cm³/mol. The molecule has 0 saturated carbocycles. The Kier molecular flexibility index (Phi) is 9.99. The highest BCUT2D eigenvalue weighted by Crippen LogP contribution is 2.17.